The Balaban J connectivity index is 1.74. The number of fused-ring (bicyclic) bond motifs is 2. The van der Waals surface area contributed by atoms with Gasteiger partial charge in [0.2, 0.25) is 0 Å². The number of benzene rings is 1. The first-order valence-corrected chi connectivity index (χ1v) is 7.49. The lowest BCUT2D eigenvalue weighted by Crippen LogP contribution is -3.45. The van der Waals surface area contributed by atoms with E-state index in [4.69, 9.17) is 5.73 Å². The van der Waals surface area contributed by atoms with Crippen LogP contribution in [0.4, 0.5) is 0 Å². The molecule has 0 saturated carbocycles. The van der Waals surface area contributed by atoms with Gasteiger partial charge in [0.05, 0.1) is 0 Å². The maximum atomic E-state index is 6.31. The highest BCUT2D eigenvalue weighted by Gasteiger charge is 2.40. The first-order chi connectivity index (χ1) is 8.14. The molecule has 2 nitrogen and oxygen atoms in total. The molecule has 2 aliphatic heterocycles. The van der Waals surface area contributed by atoms with Crippen LogP contribution in [0.5, 0.6) is 0 Å². The van der Waals surface area contributed by atoms with E-state index in [9.17, 15) is 0 Å². The van der Waals surface area contributed by atoms with Gasteiger partial charge >= 0.3 is 0 Å². The zero-order chi connectivity index (χ0) is 11.9. The van der Waals surface area contributed by atoms with Gasteiger partial charge in [-0.1, -0.05) is 33.9 Å². The smallest absolute Gasteiger partial charge is 0.0239 e. The minimum atomic E-state index is 0.0385. The van der Waals surface area contributed by atoms with Crippen molar-refractivity contribution in [1.82, 2.24) is 4.90 Å². The van der Waals surface area contributed by atoms with E-state index in [2.05, 4.69) is 57.8 Å². The number of hydrogen-bond donors (Lipinski definition) is 1. The summed E-state index contributed by atoms with van der Waals surface area (Å²) in [6.45, 7) is 1.10. The van der Waals surface area contributed by atoms with Crippen LogP contribution in [0.3, 0.4) is 0 Å². The summed E-state index contributed by atoms with van der Waals surface area (Å²) in [6, 6.07) is 12.2. The van der Waals surface area contributed by atoms with Crippen molar-refractivity contribution >= 4 is 0 Å². The van der Waals surface area contributed by atoms with Crippen molar-refractivity contribution in [2.75, 3.05) is 0 Å². The molecule has 2 N–H and O–H groups in total. The molecule has 2 unspecified atom stereocenters. The van der Waals surface area contributed by atoms with Crippen LogP contribution in [0.2, 0.25) is 0 Å². The van der Waals surface area contributed by atoms with Gasteiger partial charge in [-0.15, -0.1) is 0 Å². The summed E-state index contributed by atoms with van der Waals surface area (Å²) >= 11 is 2.45. The monoisotopic (exact) mass is 342 g/mol. The number of hydrogen-bond acceptors (Lipinski definition) is 2. The van der Waals surface area contributed by atoms with Crippen molar-refractivity contribution < 1.29 is 22.6 Å². The second-order valence-electron chi connectivity index (χ2n) is 5.49. The second-order valence-corrected chi connectivity index (χ2v) is 7.63. The van der Waals surface area contributed by atoms with Crippen LogP contribution in [0.15, 0.2) is 30.3 Å². The fraction of sp³-hybridized carbons (Fsp3) is 0.571. The van der Waals surface area contributed by atoms with E-state index in [1.807, 2.05) is 0 Å². The summed E-state index contributed by atoms with van der Waals surface area (Å²) in [5.41, 5.74) is 7.75. The molecule has 2 bridgehead atoms. The molecular formula is C14H19IN2-. The molecule has 0 aromatic heterocycles. The molecule has 2 aliphatic rings. The molecule has 2 atom stereocenters. The fourth-order valence-electron chi connectivity index (χ4n) is 3.37. The fourth-order valence-corrected chi connectivity index (χ4v) is 4.39. The molecule has 0 amide bonds. The molecule has 1 aromatic rings. The summed E-state index contributed by atoms with van der Waals surface area (Å²) in [6.07, 6.45) is 4.96. The average Bonchev–Trinajstić information content (AvgIpc) is 2.55. The van der Waals surface area contributed by atoms with Crippen LogP contribution in [0.25, 0.3) is 0 Å². The molecule has 3 rings (SSSR count). The third-order valence-electron chi connectivity index (χ3n) is 4.13. The molecule has 2 heterocycles. The van der Waals surface area contributed by atoms with Crippen molar-refractivity contribution in [1.29, 1.82) is 0 Å². The number of halogens is 1. The molecule has 1 radical (unpaired) electrons. The highest BCUT2D eigenvalue weighted by atomic mass is 127. The van der Waals surface area contributed by atoms with E-state index in [1.54, 1.807) is 0 Å². The predicted molar refractivity (Wildman–Crippen MR) is 64.9 cm³/mol. The Labute approximate surface area is 117 Å². The standard InChI is InChI=1S/C14H19IN2/c15-14(16)8-12-6-7-13(9-14)17(12)10-11-4-2-1-3-5-11/h1-5,12-13H,6-10,16H2/q-1. The third-order valence-corrected chi connectivity index (χ3v) is 5.01. The molecule has 93 valence electrons. The quantitative estimate of drug-likeness (QED) is 0.426. The Morgan fingerprint density at radius 2 is 1.76 bits per heavy atom. The van der Waals surface area contributed by atoms with E-state index >= 15 is 0 Å². The number of alkyl halides is 1. The van der Waals surface area contributed by atoms with Gasteiger partial charge in [-0.05, 0) is 31.2 Å². The number of rotatable bonds is 2. The first-order valence-electron chi connectivity index (χ1n) is 6.41. The Bertz CT molecular complexity index is 374. The van der Waals surface area contributed by atoms with E-state index in [0.29, 0.717) is 12.1 Å². The summed E-state index contributed by atoms with van der Waals surface area (Å²) in [4.78, 5) is 2.68. The van der Waals surface area contributed by atoms with Gasteiger partial charge in [0.25, 0.3) is 0 Å². The van der Waals surface area contributed by atoms with Crippen molar-refractivity contribution in [3.05, 3.63) is 35.9 Å². The van der Waals surface area contributed by atoms with E-state index in [1.165, 1.54) is 18.4 Å². The molecule has 0 aliphatic carbocycles. The maximum Gasteiger partial charge on any atom is 0.0239 e. The van der Waals surface area contributed by atoms with Crippen molar-refractivity contribution in [3.63, 3.8) is 0 Å². The van der Waals surface area contributed by atoms with Crippen molar-refractivity contribution in [2.24, 2.45) is 5.73 Å². The molecular weight excluding hydrogens is 323 g/mol. The lowest BCUT2D eigenvalue weighted by Gasteiger charge is -2.49. The van der Waals surface area contributed by atoms with Crippen molar-refractivity contribution in [3.8, 4) is 0 Å². The van der Waals surface area contributed by atoms with Crippen LogP contribution in [0.1, 0.15) is 31.2 Å². The van der Waals surface area contributed by atoms with Gasteiger partial charge in [0.1, 0.15) is 0 Å². The van der Waals surface area contributed by atoms with Crippen LogP contribution < -0.4 is 28.3 Å². The number of nitrogens with zero attached hydrogens (tertiary/aromatic N) is 1. The third kappa shape index (κ3) is 2.51. The van der Waals surface area contributed by atoms with Gasteiger partial charge in [-0.25, -0.2) is 0 Å². The topological polar surface area (TPSA) is 29.3 Å². The van der Waals surface area contributed by atoms with Gasteiger partial charge in [0, 0.05) is 18.6 Å². The maximum absolute atomic E-state index is 6.31. The average molecular weight is 342 g/mol. The Morgan fingerprint density at radius 1 is 1.18 bits per heavy atom. The molecule has 2 fully saturated rings. The van der Waals surface area contributed by atoms with Crippen LogP contribution >= 0.6 is 0 Å². The summed E-state index contributed by atoms with van der Waals surface area (Å²) in [5, 5.41) is 0. The lowest BCUT2D eigenvalue weighted by molar-refractivity contribution is -0.487. The summed E-state index contributed by atoms with van der Waals surface area (Å²) < 4.78 is 0.0385. The van der Waals surface area contributed by atoms with E-state index in [0.717, 1.165) is 19.4 Å². The molecule has 0 spiro atoms. The van der Waals surface area contributed by atoms with E-state index < -0.39 is 0 Å². The van der Waals surface area contributed by atoms with Gasteiger partial charge < -0.3 is 28.3 Å². The van der Waals surface area contributed by atoms with Gasteiger partial charge in [0.15, 0.2) is 0 Å². The number of piperidine rings is 1. The Morgan fingerprint density at radius 3 is 2.35 bits per heavy atom. The predicted octanol–water partition coefficient (Wildman–Crippen LogP) is -0.978. The summed E-state index contributed by atoms with van der Waals surface area (Å²) in [5.74, 6) is 0. The first kappa shape index (κ1) is 11.9. The second kappa shape index (κ2) is 4.52. The molecule has 2 saturated heterocycles. The zero-order valence-corrected chi connectivity index (χ0v) is 12.1. The van der Waals surface area contributed by atoms with Gasteiger partial charge in [-0.2, -0.15) is 0 Å². The summed E-state index contributed by atoms with van der Waals surface area (Å²) in [7, 11) is 0. The van der Waals surface area contributed by atoms with Crippen molar-refractivity contribution in [2.45, 2.75) is 47.9 Å². The van der Waals surface area contributed by atoms with Gasteiger partial charge in [-0.3, -0.25) is 4.90 Å². The van der Waals surface area contributed by atoms with E-state index in [-0.39, 0.29) is 3.55 Å². The minimum absolute atomic E-state index is 0.0385. The molecule has 1 aromatic carbocycles. The Hall–Kier alpha value is -0.130. The highest BCUT2D eigenvalue weighted by molar-refractivity contribution is 5.15. The largest absolute Gasteiger partial charge is 0.773 e. The van der Waals surface area contributed by atoms with Crippen LogP contribution in [-0.4, -0.2) is 20.5 Å². The normalized spacial score (nSPS) is 37.3. The lowest BCUT2D eigenvalue weighted by atomic mass is 9.97. The molecule has 3 heteroatoms. The molecule has 17 heavy (non-hydrogen) atoms. The van der Waals surface area contributed by atoms with Crippen LogP contribution in [-0.2, 0) is 6.54 Å². The minimum Gasteiger partial charge on any atom is -0.773 e. The number of nitrogens with two attached hydrogens (primary N) is 1. The Kier molecular flexibility index (Phi) is 3.17. The zero-order valence-electron chi connectivity index (χ0n) is 9.98. The highest BCUT2D eigenvalue weighted by Crippen LogP contribution is 2.37. The van der Waals surface area contributed by atoms with Crippen LogP contribution in [0, 0.1) is 0 Å². The SMILES string of the molecule is NC1([I-])CC2CCC(C1)N2Cc1ccccc1.